The summed E-state index contributed by atoms with van der Waals surface area (Å²) in [6.07, 6.45) is 0. The third-order valence-corrected chi connectivity index (χ3v) is 4.25. The van der Waals surface area contributed by atoms with Crippen LogP contribution >= 0.6 is 11.6 Å². The highest BCUT2D eigenvalue weighted by atomic mass is 35.5. The lowest BCUT2D eigenvalue weighted by atomic mass is 10.0. The third-order valence-electron chi connectivity index (χ3n) is 4.01. The van der Waals surface area contributed by atoms with Gasteiger partial charge in [0.1, 0.15) is 0 Å². The van der Waals surface area contributed by atoms with Crippen molar-refractivity contribution in [3.63, 3.8) is 0 Å². The van der Waals surface area contributed by atoms with Gasteiger partial charge in [-0.2, -0.15) is 0 Å². The molecule has 2 aromatic carbocycles. The van der Waals surface area contributed by atoms with Crippen LogP contribution in [0.15, 0.2) is 48.5 Å². The first kappa shape index (κ1) is 14.4. The topological polar surface area (TPSA) is 15.3 Å². The lowest BCUT2D eigenvalue weighted by molar-refractivity contribution is 0.348. The van der Waals surface area contributed by atoms with Gasteiger partial charge in [0.15, 0.2) is 0 Å². The van der Waals surface area contributed by atoms with Gasteiger partial charge < -0.3 is 10.2 Å². The molecule has 1 heterocycles. The fourth-order valence-electron chi connectivity index (χ4n) is 2.64. The maximum absolute atomic E-state index is 6.16. The molecule has 0 amide bonds. The van der Waals surface area contributed by atoms with Crippen LogP contribution in [0, 0.1) is 12.8 Å². The Balaban J connectivity index is 1.79. The van der Waals surface area contributed by atoms with Crippen molar-refractivity contribution in [3.05, 3.63) is 64.7 Å². The molecule has 0 atom stereocenters. The van der Waals surface area contributed by atoms with E-state index in [1.54, 1.807) is 0 Å². The zero-order valence-electron chi connectivity index (χ0n) is 12.3. The average Bonchev–Trinajstić information content (AvgIpc) is 2.43. The summed E-state index contributed by atoms with van der Waals surface area (Å²) in [6, 6.07) is 16.9. The SMILES string of the molecule is Cc1ccc(CN(CC2CNC2)c2cccc(Cl)c2)cc1. The third kappa shape index (κ3) is 3.78. The van der Waals surface area contributed by atoms with Crippen LogP contribution in [0.2, 0.25) is 5.02 Å². The normalized spacial score (nSPS) is 14.8. The summed E-state index contributed by atoms with van der Waals surface area (Å²) in [6.45, 7) is 6.35. The number of benzene rings is 2. The molecule has 1 N–H and O–H groups in total. The number of nitrogens with zero attached hydrogens (tertiary/aromatic N) is 1. The monoisotopic (exact) mass is 300 g/mol. The molecule has 0 unspecified atom stereocenters. The number of rotatable bonds is 5. The van der Waals surface area contributed by atoms with Gasteiger partial charge in [0.05, 0.1) is 0 Å². The van der Waals surface area contributed by atoms with Crippen molar-refractivity contribution in [2.75, 3.05) is 24.5 Å². The van der Waals surface area contributed by atoms with Gasteiger partial charge >= 0.3 is 0 Å². The Hall–Kier alpha value is -1.51. The highest BCUT2D eigenvalue weighted by Crippen LogP contribution is 2.23. The highest BCUT2D eigenvalue weighted by molar-refractivity contribution is 6.30. The Morgan fingerprint density at radius 1 is 1.14 bits per heavy atom. The minimum absolute atomic E-state index is 0.731. The van der Waals surface area contributed by atoms with E-state index in [0.29, 0.717) is 0 Å². The largest absolute Gasteiger partial charge is 0.367 e. The molecule has 21 heavy (non-hydrogen) atoms. The number of aryl methyl sites for hydroxylation is 1. The lowest BCUT2D eigenvalue weighted by Gasteiger charge is -2.34. The molecule has 0 spiro atoms. The Kier molecular flexibility index (Phi) is 4.47. The first-order valence-corrected chi connectivity index (χ1v) is 7.85. The van der Waals surface area contributed by atoms with Gasteiger partial charge in [0.25, 0.3) is 0 Å². The maximum Gasteiger partial charge on any atom is 0.0429 e. The Morgan fingerprint density at radius 3 is 2.52 bits per heavy atom. The summed E-state index contributed by atoms with van der Waals surface area (Å²) in [5.41, 5.74) is 3.85. The molecule has 0 bridgehead atoms. The fraction of sp³-hybridized carbons (Fsp3) is 0.333. The molecule has 1 fully saturated rings. The summed E-state index contributed by atoms with van der Waals surface area (Å²) in [4.78, 5) is 2.43. The molecule has 0 saturated carbocycles. The van der Waals surface area contributed by atoms with Crippen LogP contribution < -0.4 is 10.2 Å². The highest BCUT2D eigenvalue weighted by Gasteiger charge is 2.20. The number of hydrogen-bond donors (Lipinski definition) is 1. The molecule has 1 saturated heterocycles. The van der Waals surface area contributed by atoms with Crippen LogP contribution in [0.5, 0.6) is 0 Å². The minimum Gasteiger partial charge on any atom is -0.367 e. The predicted molar refractivity (Wildman–Crippen MR) is 90.0 cm³/mol. The fourth-order valence-corrected chi connectivity index (χ4v) is 2.82. The van der Waals surface area contributed by atoms with Gasteiger partial charge in [-0.3, -0.25) is 0 Å². The van der Waals surface area contributed by atoms with Gasteiger partial charge in [0.2, 0.25) is 0 Å². The number of halogens is 1. The molecule has 3 rings (SSSR count). The Bertz CT molecular complexity index is 590. The number of hydrogen-bond acceptors (Lipinski definition) is 2. The zero-order valence-corrected chi connectivity index (χ0v) is 13.1. The Labute approximate surface area is 131 Å². The van der Waals surface area contributed by atoms with Crippen molar-refractivity contribution in [1.82, 2.24) is 5.32 Å². The summed E-state index contributed by atoms with van der Waals surface area (Å²) < 4.78 is 0. The van der Waals surface area contributed by atoms with E-state index < -0.39 is 0 Å². The quantitative estimate of drug-likeness (QED) is 0.901. The molecule has 1 aliphatic heterocycles. The van der Waals surface area contributed by atoms with Crippen LogP contribution in [0.3, 0.4) is 0 Å². The molecule has 1 aliphatic rings. The van der Waals surface area contributed by atoms with Gasteiger partial charge in [-0.25, -0.2) is 0 Å². The van der Waals surface area contributed by atoms with Crippen LogP contribution in [0.1, 0.15) is 11.1 Å². The van der Waals surface area contributed by atoms with E-state index in [0.717, 1.165) is 37.1 Å². The molecular weight excluding hydrogens is 280 g/mol. The van der Waals surface area contributed by atoms with Crippen LogP contribution in [0.4, 0.5) is 5.69 Å². The molecule has 2 aromatic rings. The standard InChI is InChI=1S/C18H21ClN2/c1-14-5-7-15(8-6-14)12-21(13-16-10-20-11-16)18-4-2-3-17(19)9-18/h2-9,16,20H,10-13H2,1H3. The summed E-state index contributed by atoms with van der Waals surface area (Å²) >= 11 is 6.16. The van der Waals surface area contributed by atoms with Gasteiger partial charge in [-0.05, 0) is 30.7 Å². The molecule has 110 valence electrons. The van der Waals surface area contributed by atoms with E-state index in [2.05, 4.69) is 53.5 Å². The van der Waals surface area contributed by atoms with Crippen LogP contribution in [0.25, 0.3) is 0 Å². The first-order chi connectivity index (χ1) is 10.2. The van der Waals surface area contributed by atoms with Crippen molar-refractivity contribution in [2.45, 2.75) is 13.5 Å². The zero-order chi connectivity index (χ0) is 14.7. The molecule has 0 aliphatic carbocycles. The smallest absolute Gasteiger partial charge is 0.0429 e. The Morgan fingerprint density at radius 2 is 1.90 bits per heavy atom. The molecule has 3 heteroatoms. The van der Waals surface area contributed by atoms with Crippen molar-refractivity contribution >= 4 is 17.3 Å². The van der Waals surface area contributed by atoms with E-state index in [1.807, 2.05) is 12.1 Å². The lowest BCUT2D eigenvalue weighted by Crippen LogP contribution is -2.48. The average molecular weight is 301 g/mol. The molecular formula is C18H21ClN2. The molecule has 0 aromatic heterocycles. The van der Waals surface area contributed by atoms with E-state index in [1.165, 1.54) is 16.8 Å². The van der Waals surface area contributed by atoms with E-state index in [4.69, 9.17) is 11.6 Å². The summed E-state index contributed by atoms with van der Waals surface area (Å²) in [7, 11) is 0. The summed E-state index contributed by atoms with van der Waals surface area (Å²) in [5, 5.41) is 4.15. The maximum atomic E-state index is 6.16. The van der Waals surface area contributed by atoms with Gasteiger partial charge in [-0.15, -0.1) is 0 Å². The van der Waals surface area contributed by atoms with E-state index in [9.17, 15) is 0 Å². The summed E-state index contributed by atoms with van der Waals surface area (Å²) in [5.74, 6) is 0.731. The number of anilines is 1. The van der Waals surface area contributed by atoms with Crippen molar-refractivity contribution in [3.8, 4) is 0 Å². The predicted octanol–water partition coefficient (Wildman–Crippen LogP) is 3.87. The van der Waals surface area contributed by atoms with Crippen molar-refractivity contribution in [1.29, 1.82) is 0 Å². The van der Waals surface area contributed by atoms with Crippen LogP contribution in [-0.4, -0.2) is 19.6 Å². The molecule has 0 radical (unpaired) electrons. The molecule has 2 nitrogen and oxygen atoms in total. The first-order valence-electron chi connectivity index (χ1n) is 7.47. The van der Waals surface area contributed by atoms with Crippen molar-refractivity contribution in [2.24, 2.45) is 5.92 Å². The van der Waals surface area contributed by atoms with Gasteiger partial charge in [-0.1, -0.05) is 47.5 Å². The van der Waals surface area contributed by atoms with Crippen molar-refractivity contribution < 1.29 is 0 Å². The second-order valence-electron chi connectivity index (χ2n) is 5.87. The minimum atomic E-state index is 0.731. The van der Waals surface area contributed by atoms with Crippen LogP contribution in [-0.2, 0) is 6.54 Å². The van der Waals surface area contributed by atoms with E-state index >= 15 is 0 Å². The van der Waals surface area contributed by atoms with Gasteiger partial charge in [0, 0.05) is 42.8 Å². The number of nitrogens with one attached hydrogen (secondary N) is 1. The second kappa shape index (κ2) is 6.50. The second-order valence-corrected chi connectivity index (χ2v) is 6.31. The van der Waals surface area contributed by atoms with E-state index in [-0.39, 0.29) is 0 Å².